The number of imidazole rings is 1. The highest BCUT2D eigenvalue weighted by molar-refractivity contribution is 5.74. The van der Waals surface area contributed by atoms with Crippen molar-refractivity contribution in [1.29, 1.82) is 0 Å². The molecule has 0 saturated carbocycles. The lowest BCUT2D eigenvalue weighted by atomic mass is 9.97. The molecule has 1 aromatic heterocycles. The van der Waals surface area contributed by atoms with E-state index >= 15 is 0 Å². The molecule has 2 heterocycles. The molecule has 88 valence electrons. The number of aliphatic carboxylic acids is 1. The van der Waals surface area contributed by atoms with Crippen molar-refractivity contribution in [3.8, 4) is 0 Å². The molecule has 2 N–H and O–H groups in total. The molecular weight excluding hydrogens is 206 g/mol. The van der Waals surface area contributed by atoms with Crippen molar-refractivity contribution in [2.24, 2.45) is 0 Å². The summed E-state index contributed by atoms with van der Waals surface area (Å²) in [5.41, 5.74) is 2.09. The van der Waals surface area contributed by atoms with Crippen LogP contribution in [0.2, 0.25) is 0 Å². The van der Waals surface area contributed by atoms with Crippen LogP contribution in [0.4, 0.5) is 0 Å². The van der Waals surface area contributed by atoms with E-state index in [0.29, 0.717) is 6.42 Å². The minimum Gasteiger partial charge on any atom is -0.480 e. The first kappa shape index (κ1) is 11.1. The number of nitrogens with zero attached hydrogens (tertiary/aromatic N) is 2. The van der Waals surface area contributed by atoms with Crippen LogP contribution in [0.5, 0.6) is 0 Å². The quantitative estimate of drug-likeness (QED) is 0.800. The fourth-order valence-corrected chi connectivity index (χ4v) is 2.25. The van der Waals surface area contributed by atoms with Gasteiger partial charge in [0.2, 0.25) is 0 Å². The molecule has 0 bridgehead atoms. The second-order valence-corrected chi connectivity index (χ2v) is 4.08. The third kappa shape index (κ3) is 1.71. The van der Waals surface area contributed by atoms with Gasteiger partial charge >= 0.3 is 5.97 Å². The molecule has 0 spiro atoms. The molecule has 1 aromatic rings. The number of carboxylic acids is 1. The van der Waals surface area contributed by atoms with Crippen LogP contribution in [0.15, 0.2) is 6.33 Å². The minimum atomic E-state index is -0.784. The maximum Gasteiger partial charge on any atom is 0.321 e. The average Bonchev–Trinajstić information content (AvgIpc) is 2.70. The van der Waals surface area contributed by atoms with Crippen LogP contribution >= 0.6 is 0 Å². The lowest BCUT2D eigenvalue weighted by Gasteiger charge is -2.28. The van der Waals surface area contributed by atoms with E-state index in [2.05, 4.69) is 10.3 Å². The molecule has 1 aliphatic heterocycles. The Morgan fingerprint density at radius 1 is 1.69 bits per heavy atom. The Morgan fingerprint density at radius 3 is 3.00 bits per heavy atom. The standard InChI is InChI=1S/C11H17N3O2/c1-3-7-10-9(14(4-2)6-12-10)5-8(13-7)11(15)16/h6-8,13H,3-5H2,1-2H3,(H,15,16). The number of hydrogen-bond acceptors (Lipinski definition) is 3. The first-order chi connectivity index (χ1) is 7.67. The van der Waals surface area contributed by atoms with Crippen molar-refractivity contribution < 1.29 is 9.90 Å². The number of rotatable bonds is 3. The highest BCUT2D eigenvalue weighted by Crippen LogP contribution is 2.26. The monoisotopic (exact) mass is 223 g/mol. The van der Waals surface area contributed by atoms with E-state index in [9.17, 15) is 4.79 Å². The van der Waals surface area contributed by atoms with Crippen molar-refractivity contribution >= 4 is 5.97 Å². The molecule has 5 heteroatoms. The predicted octanol–water partition coefficient (Wildman–Crippen LogP) is 0.953. The molecule has 5 nitrogen and oxygen atoms in total. The Bertz CT molecular complexity index is 400. The van der Waals surface area contributed by atoms with E-state index in [0.717, 1.165) is 24.4 Å². The number of hydrogen-bond donors (Lipinski definition) is 2. The molecular formula is C11H17N3O2. The van der Waals surface area contributed by atoms with Gasteiger partial charge in [-0.1, -0.05) is 6.92 Å². The molecule has 16 heavy (non-hydrogen) atoms. The lowest BCUT2D eigenvalue weighted by Crippen LogP contribution is -2.45. The van der Waals surface area contributed by atoms with E-state index in [1.807, 2.05) is 18.4 Å². The van der Waals surface area contributed by atoms with Gasteiger partial charge in [-0.25, -0.2) is 4.98 Å². The predicted molar refractivity (Wildman–Crippen MR) is 59.2 cm³/mol. The minimum absolute atomic E-state index is 0.0673. The summed E-state index contributed by atoms with van der Waals surface area (Å²) in [4.78, 5) is 15.4. The zero-order chi connectivity index (χ0) is 11.7. The van der Waals surface area contributed by atoms with Gasteiger partial charge in [-0.2, -0.15) is 0 Å². The van der Waals surface area contributed by atoms with Crippen LogP contribution in [0, 0.1) is 0 Å². The number of aryl methyl sites for hydroxylation is 1. The molecule has 2 rings (SSSR count). The molecule has 0 saturated heterocycles. The smallest absolute Gasteiger partial charge is 0.321 e. The van der Waals surface area contributed by atoms with Crippen LogP contribution in [0.1, 0.15) is 37.7 Å². The second kappa shape index (κ2) is 4.25. The van der Waals surface area contributed by atoms with Crippen LogP contribution in [-0.2, 0) is 17.8 Å². The van der Waals surface area contributed by atoms with Crippen molar-refractivity contribution in [3.05, 3.63) is 17.7 Å². The van der Waals surface area contributed by atoms with Gasteiger partial charge in [0.1, 0.15) is 6.04 Å². The summed E-state index contributed by atoms with van der Waals surface area (Å²) in [6.45, 7) is 4.92. The normalized spacial score (nSPS) is 24.1. The molecule has 0 aliphatic carbocycles. The third-order valence-corrected chi connectivity index (χ3v) is 3.16. The zero-order valence-electron chi connectivity index (χ0n) is 9.60. The highest BCUT2D eigenvalue weighted by Gasteiger charge is 2.32. The molecule has 2 unspecified atom stereocenters. The summed E-state index contributed by atoms with van der Waals surface area (Å²) in [5.74, 6) is -0.784. The molecule has 0 amide bonds. The van der Waals surface area contributed by atoms with Gasteiger partial charge < -0.3 is 9.67 Å². The Hall–Kier alpha value is -1.36. The summed E-state index contributed by atoms with van der Waals surface area (Å²) < 4.78 is 2.04. The van der Waals surface area contributed by atoms with Crippen molar-refractivity contribution in [3.63, 3.8) is 0 Å². The van der Waals surface area contributed by atoms with Gasteiger partial charge in [0.25, 0.3) is 0 Å². The maximum absolute atomic E-state index is 11.1. The summed E-state index contributed by atoms with van der Waals surface area (Å²) >= 11 is 0. The Labute approximate surface area is 94.5 Å². The SMILES string of the molecule is CCC1NC(C(=O)O)Cc2c1ncn2CC. The van der Waals surface area contributed by atoms with Crippen LogP contribution < -0.4 is 5.32 Å². The van der Waals surface area contributed by atoms with E-state index in [1.165, 1.54) is 0 Å². The van der Waals surface area contributed by atoms with Gasteiger partial charge in [0.15, 0.2) is 0 Å². The largest absolute Gasteiger partial charge is 0.480 e. The first-order valence-corrected chi connectivity index (χ1v) is 5.70. The fraction of sp³-hybridized carbons (Fsp3) is 0.636. The Balaban J connectivity index is 2.36. The Kier molecular flexibility index (Phi) is 2.96. The van der Waals surface area contributed by atoms with Gasteiger partial charge in [-0.15, -0.1) is 0 Å². The van der Waals surface area contributed by atoms with Crippen LogP contribution in [-0.4, -0.2) is 26.7 Å². The number of nitrogens with one attached hydrogen (secondary N) is 1. The lowest BCUT2D eigenvalue weighted by molar-refractivity contribution is -0.139. The molecule has 0 fully saturated rings. The average molecular weight is 223 g/mol. The van der Waals surface area contributed by atoms with E-state index in [4.69, 9.17) is 5.11 Å². The second-order valence-electron chi connectivity index (χ2n) is 4.08. The molecule has 0 aromatic carbocycles. The topological polar surface area (TPSA) is 67.2 Å². The van der Waals surface area contributed by atoms with E-state index < -0.39 is 12.0 Å². The highest BCUT2D eigenvalue weighted by atomic mass is 16.4. The van der Waals surface area contributed by atoms with Gasteiger partial charge in [-0.05, 0) is 13.3 Å². The fourth-order valence-electron chi connectivity index (χ4n) is 2.25. The summed E-state index contributed by atoms with van der Waals surface area (Å²) in [5, 5.41) is 12.2. The summed E-state index contributed by atoms with van der Waals surface area (Å²) in [6.07, 6.45) is 3.19. The van der Waals surface area contributed by atoms with Crippen molar-refractivity contribution in [2.45, 2.75) is 45.3 Å². The number of fused-ring (bicyclic) bond motifs is 1. The summed E-state index contributed by atoms with van der Waals surface area (Å²) in [7, 11) is 0. The Morgan fingerprint density at radius 2 is 2.44 bits per heavy atom. The van der Waals surface area contributed by atoms with Crippen molar-refractivity contribution in [2.75, 3.05) is 0 Å². The molecule has 0 radical (unpaired) electrons. The number of carboxylic acid groups (broad SMARTS) is 1. The number of carbonyl (C=O) groups is 1. The molecule has 1 aliphatic rings. The zero-order valence-corrected chi connectivity index (χ0v) is 9.60. The maximum atomic E-state index is 11.1. The van der Waals surface area contributed by atoms with E-state index in [-0.39, 0.29) is 6.04 Å². The van der Waals surface area contributed by atoms with Gasteiger partial charge in [0, 0.05) is 18.7 Å². The third-order valence-electron chi connectivity index (χ3n) is 3.16. The van der Waals surface area contributed by atoms with Crippen LogP contribution in [0.3, 0.4) is 0 Å². The first-order valence-electron chi connectivity index (χ1n) is 5.70. The summed E-state index contributed by atoms with van der Waals surface area (Å²) in [6, 6.07) is -0.419. The molecule has 2 atom stereocenters. The number of aromatic nitrogens is 2. The van der Waals surface area contributed by atoms with Crippen LogP contribution in [0.25, 0.3) is 0 Å². The van der Waals surface area contributed by atoms with Gasteiger partial charge in [-0.3, -0.25) is 10.1 Å². The van der Waals surface area contributed by atoms with Gasteiger partial charge in [0.05, 0.1) is 18.1 Å². The van der Waals surface area contributed by atoms with Crippen molar-refractivity contribution in [1.82, 2.24) is 14.9 Å². The van der Waals surface area contributed by atoms with E-state index in [1.54, 1.807) is 6.33 Å².